The molecule has 0 aliphatic carbocycles. The highest BCUT2D eigenvalue weighted by atomic mass is 35.5. The third kappa shape index (κ3) is 4.60. The summed E-state index contributed by atoms with van der Waals surface area (Å²) in [6.45, 7) is -2.37. The van der Waals surface area contributed by atoms with Gasteiger partial charge in [-0.05, 0) is 47.9 Å². The van der Waals surface area contributed by atoms with Gasteiger partial charge >= 0.3 is 6.61 Å². The molecule has 132 valence electrons. The molecule has 0 radical (unpaired) electrons. The van der Waals surface area contributed by atoms with Crippen LogP contribution in [0, 0.1) is 5.92 Å². The fourth-order valence-corrected chi connectivity index (χ4v) is 2.89. The van der Waals surface area contributed by atoms with Crippen LogP contribution in [0.1, 0.15) is 11.1 Å². The highest BCUT2D eigenvalue weighted by Crippen LogP contribution is 2.29. The van der Waals surface area contributed by atoms with Crippen LogP contribution in [0.3, 0.4) is 0 Å². The van der Waals surface area contributed by atoms with Crippen molar-refractivity contribution in [1.29, 1.82) is 0 Å². The van der Waals surface area contributed by atoms with E-state index in [4.69, 9.17) is 16.3 Å². The van der Waals surface area contributed by atoms with Gasteiger partial charge in [-0.15, -0.1) is 0 Å². The Labute approximate surface area is 148 Å². The van der Waals surface area contributed by atoms with E-state index in [-0.39, 0.29) is 30.7 Å². The van der Waals surface area contributed by atoms with Gasteiger partial charge in [0.1, 0.15) is 18.1 Å². The van der Waals surface area contributed by atoms with Crippen LogP contribution in [0.5, 0.6) is 11.5 Å². The zero-order chi connectivity index (χ0) is 17.8. The molecule has 3 rings (SSSR count). The molecule has 4 nitrogen and oxygen atoms in total. The van der Waals surface area contributed by atoms with Crippen molar-refractivity contribution in [3.63, 3.8) is 0 Å². The highest BCUT2D eigenvalue weighted by Gasteiger charge is 2.26. The van der Waals surface area contributed by atoms with Crippen molar-refractivity contribution in [2.75, 3.05) is 6.61 Å². The Balaban J connectivity index is 1.58. The van der Waals surface area contributed by atoms with Crippen molar-refractivity contribution in [3.05, 3.63) is 58.6 Å². The number of fused-ring (bicyclic) bond motifs is 1. The number of carbonyl (C=O) groups is 1. The first-order chi connectivity index (χ1) is 12.0. The molecule has 1 heterocycles. The van der Waals surface area contributed by atoms with Crippen molar-refractivity contribution in [3.8, 4) is 11.5 Å². The topological polar surface area (TPSA) is 47.6 Å². The normalized spacial score (nSPS) is 16.1. The Morgan fingerprint density at radius 3 is 2.96 bits per heavy atom. The smallest absolute Gasteiger partial charge is 0.387 e. The molecule has 0 saturated heterocycles. The lowest BCUT2D eigenvalue weighted by molar-refractivity contribution is -0.126. The molecule has 7 heteroatoms. The Kier molecular flexibility index (Phi) is 5.38. The van der Waals surface area contributed by atoms with E-state index in [0.717, 1.165) is 11.3 Å². The fourth-order valence-electron chi connectivity index (χ4n) is 2.70. The van der Waals surface area contributed by atoms with Crippen molar-refractivity contribution in [2.45, 2.75) is 19.6 Å². The summed E-state index contributed by atoms with van der Waals surface area (Å²) >= 11 is 5.97. The van der Waals surface area contributed by atoms with Gasteiger partial charge in [-0.3, -0.25) is 4.79 Å². The molecule has 2 aromatic rings. The lowest BCUT2D eigenvalue weighted by Gasteiger charge is -2.24. The first kappa shape index (κ1) is 17.5. The number of halogens is 3. The van der Waals surface area contributed by atoms with Gasteiger partial charge < -0.3 is 14.8 Å². The number of ether oxygens (including phenoxy) is 2. The van der Waals surface area contributed by atoms with Crippen LogP contribution in [0.25, 0.3) is 0 Å². The van der Waals surface area contributed by atoms with Crippen LogP contribution >= 0.6 is 11.6 Å². The summed E-state index contributed by atoms with van der Waals surface area (Å²) in [7, 11) is 0. The first-order valence-corrected chi connectivity index (χ1v) is 8.12. The number of hydrogen-bond donors (Lipinski definition) is 1. The molecule has 1 amide bonds. The average Bonchev–Trinajstić information content (AvgIpc) is 2.58. The second-order valence-corrected chi connectivity index (χ2v) is 6.14. The minimum atomic E-state index is -2.88. The van der Waals surface area contributed by atoms with E-state index in [2.05, 4.69) is 10.1 Å². The maximum atomic E-state index is 12.4. The second-order valence-electron chi connectivity index (χ2n) is 5.71. The maximum absolute atomic E-state index is 12.4. The van der Waals surface area contributed by atoms with E-state index in [1.807, 2.05) is 0 Å². The van der Waals surface area contributed by atoms with E-state index in [0.29, 0.717) is 17.0 Å². The number of carbonyl (C=O) groups excluding carboxylic acids is 1. The van der Waals surface area contributed by atoms with E-state index in [1.165, 1.54) is 12.1 Å². The molecule has 0 aromatic heterocycles. The molecule has 1 aliphatic heterocycles. The van der Waals surface area contributed by atoms with Crippen LogP contribution in [0.4, 0.5) is 8.78 Å². The third-order valence-electron chi connectivity index (χ3n) is 3.89. The Hall–Kier alpha value is -2.34. The molecule has 25 heavy (non-hydrogen) atoms. The molecular weight excluding hydrogens is 352 g/mol. The van der Waals surface area contributed by atoms with E-state index in [9.17, 15) is 13.6 Å². The number of benzene rings is 2. The summed E-state index contributed by atoms with van der Waals surface area (Å²) < 4.78 is 34.4. The minimum absolute atomic E-state index is 0.0614. The second kappa shape index (κ2) is 7.70. The Bertz CT molecular complexity index is 770. The van der Waals surface area contributed by atoms with E-state index >= 15 is 0 Å². The zero-order valence-electron chi connectivity index (χ0n) is 13.2. The van der Waals surface area contributed by atoms with Gasteiger partial charge in [0.15, 0.2) is 0 Å². The number of amides is 1. The Morgan fingerprint density at radius 1 is 1.32 bits per heavy atom. The summed E-state index contributed by atoms with van der Waals surface area (Å²) in [4.78, 5) is 12.4. The predicted octanol–water partition coefficient (Wildman–Crippen LogP) is 3.81. The van der Waals surface area contributed by atoms with Gasteiger partial charge in [0.05, 0.1) is 5.92 Å². The third-order valence-corrected chi connectivity index (χ3v) is 4.13. The molecule has 1 aliphatic rings. The van der Waals surface area contributed by atoms with Crippen LogP contribution in [-0.4, -0.2) is 19.1 Å². The van der Waals surface area contributed by atoms with E-state index < -0.39 is 6.61 Å². The largest absolute Gasteiger partial charge is 0.492 e. The quantitative estimate of drug-likeness (QED) is 0.874. The molecule has 1 atom stereocenters. The molecule has 1 unspecified atom stereocenters. The monoisotopic (exact) mass is 367 g/mol. The SMILES string of the molecule is O=C(NCc1cccc(OC(F)F)c1)C1COc2ccc(Cl)cc2C1. The average molecular weight is 368 g/mol. The number of nitrogens with one attached hydrogen (secondary N) is 1. The van der Waals surface area contributed by atoms with Crippen molar-refractivity contribution < 1.29 is 23.0 Å². The maximum Gasteiger partial charge on any atom is 0.387 e. The zero-order valence-corrected chi connectivity index (χ0v) is 13.9. The van der Waals surface area contributed by atoms with Gasteiger partial charge in [-0.2, -0.15) is 8.78 Å². The number of alkyl halides is 2. The lowest BCUT2D eigenvalue weighted by atomic mass is 9.96. The molecule has 0 bridgehead atoms. The number of hydrogen-bond acceptors (Lipinski definition) is 3. The molecule has 0 saturated carbocycles. The van der Waals surface area contributed by atoms with Gasteiger partial charge in [-0.1, -0.05) is 23.7 Å². The minimum Gasteiger partial charge on any atom is -0.492 e. The van der Waals surface area contributed by atoms with Gasteiger partial charge in [0, 0.05) is 11.6 Å². The summed E-state index contributed by atoms with van der Waals surface area (Å²) in [5, 5.41) is 3.40. The Morgan fingerprint density at radius 2 is 2.16 bits per heavy atom. The van der Waals surface area contributed by atoms with Gasteiger partial charge in [0.2, 0.25) is 5.91 Å². The van der Waals surface area contributed by atoms with Crippen LogP contribution in [-0.2, 0) is 17.8 Å². The standard InChI is InChI=1S/C18H16ClF2NO3/c19-14-4-5-16-12(8-14)7-13(10-24-16)17(23)22-9-11-2-1-3-15(6-11)25-18(20)21/h1-6,8,13,18H,7,9-10H2,(H,22,23). The fraction of sp³-hybridized carbons (Fsp3) is 0.278. The van der Waals surface area contributed by atoms with Crippen molar-refractivity contribution in [1.82, 2.24) is 5.32 Å². The van der Waals surface area contributed by atoms with Crippen LogP contribution in [0.15, 0.2) is 42.5 Å². The lowest BCUT2D eigenvalue weighted by Crippen LogP contribution is -2.37. The molecule has 2 aromatic carbocycles. The summed E-state index contributed by atoms with van der Waals surface area (Å²) in [6, 6.07) is 11.6. The predicted molar refractivity (Wildman–Crippen MR) is 89.1 cm³/mol. The first-order valence-electron chi connectivity index (χ1n) is 7.74. The van der Waals surface area contributed by atoms with Gasteiger partial charge in [-0.25, -0.2) is 0 Å². The highest BCUT2D eigenvalue weighted by molar-refractivity contribution is 6.30. The molecule has 1 N–H and O–H groups in total. The molecule has 0 spiro atoms. The van der Waals surface area contributed by atoms with Crippen molar-refractivity contribution in [2.24, 2.45) is 5.92 Å². The molecule has 0 fully saturated rings. The summed E-state index contributed by atoms with van der Waals surface area (Å²) in [5.74, 6) is 0.314. The summed E-state index contributed by atoms with van der Waals surface area (Å²) in [5.41, 5.74) is 1.57. The number of rotatable bonds is 5. The molecular formula is C18H16ClF2NO3. The van der Waals surface area contributed by atoms with E-state index in [1.54, 1.807) is 30.3 Å². The van der Waals surface area contributed by atoms with Crippen LogP contribution in [0.2, 0.25) is 5.02 Å². The van der Waals surface area contributed by atoms with Gasteiger partial charge in [0.25, 0.3) is 0 Å². The van der Waals surface area contributed by atoms with Crippen LogP contribution < -0.4 is 14.8 Å². The van der Waals surface area contributed by atoms with Crippen molar-refractivity contribution >= 4 is 17.5 Å². The summed E-state index contributed by atoms with van der Waals surface area (Å²) in [6.07, 6.45) is 0.538.